The molecule has 0 radical (unpaired) electrons. The Kier molecular flexibility index (Phi) is 7.89. The Morgan fingerprint density at radius 3 is 2.33 bits per heavy atom. The van der Waals surface area contributed by atoms with Crippen molar-refractivity contribution in [3.8, 4) is 22.7 Å². The van der Waals surface area contributed by atoms with Gasteiger partial charge < -0.3 is 9.47 Å². The van der Waals surface area contributed by atoms with Crippen molar-refractivity contribution in [1.82, 2.24) is 14.3 Å². The van der Waals surface area contributed by atoms with Crippen molar-refractivity contribution in [3.63, 3.8) is 0 Å². The number of para-hydroxylation sites is 1. The monoisotopic (exact) mass is 590 g/mol. The Morgan fingerprint density at radius 2 is 1.65 bits per heavy atom. The quantitative estimate of drug-likeness (QED) is 0.236. The second-order valence-electron chi connectivity index (χ2n) is 9.88. The standard InChI is InChI=1S/C34H30N4O4S/c1-4-41-27-18-16-23(17-19-27)30-25(21-37(36-30)26-14-10-7-11-15-26)20-28-32(39)38-31(24-12-8-6-9-13-24)29(33(40)42-5-2)22(3)35-34(38)43-28/h6-21,31H,4-5H2,1-3H3/b28-20+. The smallest absolute Gasteiger partial charge is 0.338 e. The van der Waals surface area contributed by atoms with Crippen LogP contribution in [0.5, 0.6) is 5.75 Å². The van der Waals surface area contributed by atoms with E-state index >= 15 is 0 Å². The highest BCUT2D eigenvalue weighted by atomic mass is 32.1. The number of rotatable bonds is 8. The minimum atomic E-state index is -0.656. The summed E-state index contributed by atoms with van der Waals surface area (Å²) in [6.45, 7) is 6.30. The van der Waals surface area contributed by atoms with Gasteiger partial charge in [-0.25, -0.2) is 14.5 Å². The summed E-state index contributed by atoms with van der Waals surface area (Å²) in [6.07, 6.45) is 3.77. The SMILES string of the molecule is CCOC(=O)C1=C(C)N=c2s/c(=C/c3cn(-c4ccccc4)nc3-c3ccc(OCC)cc3)c(=O)n2C1c1ccccc1. The lowest BCUT2D eigenvalue weighted by atomic mass is 9.96. The van der Waals surface area contributed by atoms with Gasteiger partial charge >= 0.3 is 5.97 Å². The van der Waals surface area contributed by atoms with E-state index in [4.69, 9.17) is 19.6 Å². The zero-order valence-electron chi connectivity index (χ0n) is 24.1. The Balaban J connectivity index is 1.53. The van der Waals surface area contributed by atoms with E-state index in [0.717, 1.165) is 33.8 Å². The number of allylic oxidation sites excluding steroid dienone is 1. The van der Waals surface area contributed by atoms with E-state index in [1.165, 1.54) is 11.3 Å². The van der Waals surface area contributed by atoms with E-state index in [9.17, 15) is 9.59 Å². The number of nitrogens with zero attached hydrogens (tertiary/aromatic N) is 4. The molecule has 3 aromatic carbocycles. The van der Waals surface area contributed by atoms with Gasteiger partial charge in [-0.05, 0) is 68.8 Å². The summed E-state index contributed by atoms with van der Waals surface area (Å²) in [6, 6.07) is 26.4. The number of aromatic nitrogens is 3. The summed E-state index contributed by atoms with van der Waals surface area (Å²) < 4.78 is 14.9. The van der Waals surface area contributed by atoms with Crippen LogP contribution in [0.15, 0.2) is 112 Å². The highest BCUT2D eigenvalue weighted by Gasteiger charge is 2.33. The van der Waals surface area contributed by atoms with Crippen LogP contribution in [-0.4, -0.2) is 33.5 Å². The summed E-state index contributed by atoms with van der Waals surface area (Å²) in [5, 5.41) is 4.91. The molecule has 0 saturated carbocycles. The first kappa shape index (κ1) is 28.1. The second-order valence-corrected chi connectivity index (χ2v) is 10.9. The van der Waals surface area contributed by atoms with Gasteiger partial charge in [0.25, 0.3) is 5.56 Å². The zero-order valence-corrected chi connectivity index (χ0v) is 24.9. The molecule has 0 bridgehead atoms. The number of carbonyl (C=O) groups excluding carboxylic acids is 1. The van der Waals surface area contributed by atoms with Crippen LogP contribution in [-0.2, 0) is 9.53 Å². The van der Waals surface area contributed by atoms with Gasteiger partial charge in [0.2, 0.25) is 0 Å². The van der Waals surface area contributed by atoms with Gasteiger partial charge in [-0.2, -0.15) is 5.10 Å². The number of fused-ring (bicyclic) bond motifs is 1. The molecule has 9 heteroatoms. The third-order valence-corrected chi connectivity index (χ3v) is 8.10. The molecule has 0 saturated heterocycles. The van der Waals surface area contributed by atoms with E-state index in [2.05, 4.69) is 0 Å². The van der Waals surface area contributed by atoms with Crippen molar-refractivity contribution in [2.45, 2.75) is 26.8 Å². The number of ether oxygens (including phenoxy) is 2. The van der Waals surface area contributed by atoms with Gasteiger partial charge in [0, 0.05) is 17.3 Å². The van der Waals surface area contributed by atoms with E-state index in [1.54, 1.807) is 18.4 Å². The molecular weight excluding hydrogens is 560 g/mol. The van der Waals surface area contributed by atoms with E-state index in [1.807, 2.05) is 109 Å². The van der Waals surface area contributed by atoms with Gasteiger partial charge in [-0.1, -0.05) is 59.9 Å². The number of thiazole rings is 1. The maximum Gasteiger partial charge on any atom is 0.338 e. The van der Waals surface area contributed by atoms with E-state index in [-0.39, 0.29) is 12.2 Å². The van der Waals surface area contributed by atoms with E-state index < -0.39 is 12.0 Å². The van der Waals surface area contributed by atoms with E-state index in [0.29, 0.717) is 27.2 Å². The molecule has 3 heterocycles. The lowest BCUT2D eigenvalue weighted by molar-refractivity contribution is -0.139. The molecule has 1 unspecified atom stereocenters. The van der Waals surface area contributed by atoms with Gasteiger partial charge in [0.05, 0.1) is 40.7 Å². The summed E-state index contributed by atoms with van der Waals surface area (Å²) in [5.41, 5.74) is 4.74. The Morgan fingerprint density at radius 1 is 0.953 bits per heavy atom. The lowest BCUT2D eigenvalue weighted by Crippen LogP contribution is -2.39. The van der Waals surface area contributed by atoms with Crippen LogP contribution in [0.3, 0.4) is 0 Å². The first-order chi connectivity index (χ1) is 21.0. The zero-order chi connectivity index (χ0) is 29.9. The lowest BCUT2D eigenvalue weighted by Gasteiger charge is -2.24. The van der Waals surface area contributed by atoms with Gasteiger partial charge in [0.1, 0.15) is 11.4 Å². The normalized spacial score (nSPS) is 14.8. The molecule has 2 aromatic heterocycles. The van der Waals surface area contributed by atoms with Crippen molar-refractivity contribution >= 4 is 23.4 Å². The summed E-state index contributed by atoms with van der Waals surface area (Å²) in [7, 11) is 0. The van der Waals surface area contributed by atoms with Crippen molar-refractivity contribution in [1.29, 1.82) is 0 Å². The predicted octanol–water partition coefficient (Wildman–Crippen LogP) is 5.05. The molecule has 0 amide bonds. The van der Waals surface area contributed by atoms with Crippen molar-refractivity contribution < 1.29 is 14.3 Å². The number of hydrogen-bond donors (Lipinski definition) is 0. The van der Waals surface area contributed by atoms with Crippen molar-refractivity contribution in [3.05, 3.63) is 133 Å². The Hall–Kier alpha value is -5.02. The molecule has 5 aromatic rings. The average Bonchev–Trinajstić information content (AvgIpc) is 3.58. The summed E-state index contributed by atoms with van der Waals surface area (Å²) >= 11 is 1.29. The van der Waals surface area contributed by atoms with Crippen LogP contribution >= 0.6 is 11.3 Å². The summed E-state index contributed by atoms with van der Waals surface area (Å²) in [4.78, 5) is 32.5. The molecule has 0 aliphatic carbocycles. The Bertz CT molecular complexity index is 1990. The van der Waals surface area contributed by atoms with Crippen LogP contribution in [0.25, 0.3) is 23.0 Å². The number of hydrogen-bond acceptors (Lipinski definition) is 7. The minimum Gasteiger partial charge on any atom is -0.494 e. The molecule has 0 N–H and O–H groups in total. The highest BCUT2D eigenvalue weighted by molar-refractivity contribution is 7.07. The van der Waals surface area contributed by atoms with Crippen LogP contribution in [0.4, 0.5) is 0 Å². The Labute approximate surface area is 252 Å². The molecule has 1 aliphatic heterocycles. The topological polar surface area (TPSA) is 87.7 Å². The molecule has 6 rings (SSSR count). The van der Waals surface area contributed by atoms with Gasteiger partial charge in [-0.3, -0.25) is 9.36 Å². The number of benzene rings is 3. The molecule has 1 atom stereocenters. The third kappa shape index (κ3) is 5.47. The molecule has 8 nitrogen and oxygen atoms in total. The third-order valence-electron chi connectivity index (χ3n) is 7.12. The second kappa shape index (κ2) is 12.1. The maximum absolute atomic E-state index is 14.1. The highest BCUT2D eigenvalue weighted by Crippen LogP contribution is 2.31. The maximum atomic E-state index is 14.1. The van der Waals surface area contributed by atoms with Crippen LogP contribution in [0.1, 0.15) is 37.9 Å². The fraction of sp³-hybridized carbons (Fsp3) is 0.176. The summed E-state index contributed by atoms with van der Waals surface area (Å²) in [5.74, 6) is 0.297. The van der Waals surface area contributed by atoms with Gasteiger partial charge in [-0.15, -0.1) is 0 Å². The van der Waals surface area contributed by atoms with Crippen LogP contribution in [0, 0.1) is 0 Å². The molecule has 43 heavy (non-hydrogen) atoms. The van der Waals surface area contributed by atoms with Gasteiger partial charge in [0.15, 0.2) is 4.80 Å². The molecule has 0 spiro atoms. The first-order valence-corrected chi connectivity index (χ1v) is 14.9. The fourth-order valence-electron chi connectivity index (χ4n) is 5.19. The van der Waals surface area contributed by atoms with Crippen LogP contribution < -0.4 is 19.6 Å². The minimum absolute atomic E-state index is 0.223. The molecule has 0 fully saturated rings. The first-order valence-electron chi connectivity index (χ1n) is 14.1. The van der Waals surface area contributed by atoms with Crippen molar-refractivity contribution in [2.75, 3.05) is 13.2 Å². The van der Waals surface area contributed by atoms with Crippen LogP contribution in [0.2, 0.25) is 0 Å². The largest absolute Gasteiger partial charge is 0.494 e. The fourth-order valence-corrected chi connectivity index (χ4v) is 6.23. The number of carbonyl (C=O) groups is 1. The van der Waals surface area contributed by atoms with Crippen molar-refractivity contribution in [2.24, 2.45) is 4.99 Å². The molecular formula is C34H30N4O4S. The predicted molar refractivity (Wildman–Crippen MR) is 167 cm³/mol. The average molecular weight is 591 g/mol. The molecule has 216 valence electrons. The molecule has 1 aliphatic rings. The number of esters is 1.